The number of fused-ring (bicyclic) bond motifs is 1. The van der Waals surface area contributed by atoms with Gasteiger partial charge >= 0.3 is 0 Å². The normalized spacial score (nSPS) is 15.6. The van der Waals surface area contributed by atoms with E-state index in [1.807, 2.05) is 17.0 Å². The molecule has 1 amide bonds. The highest BCUT2D eigenvalue weighted by Gasteiger charge is 2.25. The number of benzene rings is 2. The van der Waals surface area contributed by atoms with Gasteiger partial charge in [-0.05, 0) is 48.4 Å². The Labute approximate surface area is 148 Å². The van der Waals surface area contributed by atoms with E-state index in [9.17, 15) is 4.79 Å². The number of aromatic nitrogens is 1. The lowest BCUT2D eigenvalue weighted by Gasteiger charge is -2.32. The summed E-state index contributed by atoms with van der Waals surface area (Å²) >= 11 is 0. The molecule has 1 saturated heterocycles. The van der Waals surface area contributed by atoms with Gasteiger partial charge < -0.3 is 9.88 Å². The van der Waals surface area contributed by atoms with Crippen molar-refractivity contribution in [3.63, 3.8) is 0 Å². The van der Waals surface area contributed by atoms with Crippen molar-refractivity contribution < 1.29 is 4.79 Å². The first-order chi connectivity index (χ1) is 12.2. The Kier molecular flexibility index (Phi) is 4.31. The highest BCUT2D eigenvalue weighted by atomic mass is 16.2. The number of H-pyrrole nitrogens is 1. The summed E-state index contributed by atoms with van der Waals surface area (Å²) in [6.45, 7) is 3.79. The SMILES string of the molecule is Cc1ccccc1CC(=O)N1CCC(c2c[nH]c3ccccc23)CC1. The van der Waals surface area contributed by atoms with Crippen LogP contribution in [0.15, 0.2) is 54.7 Å². The van der Waals surface area contributed by atoms with E-state index in [0.29, 0.717) is 12.3 Å². The Morgan fingerprint density at radius 3 is 2.60 bits per heavy atom. The number of aryl methyl sites for hydroxylation is 1. The van der Waals surface area contributed by atoms with E-state index in [1.54, 1.807) is 0 Å². The van der Waals surface area contributed by atoms with Crippen LogP contribution in [0.5, 0.6) is 0 Å². The molecule has 3 aromatic rings. The zero-order valence-corrected chi connectivity index (χ0v) is 14.7. The average Bonchev–Trinajstić information content (AvgIpc) is 3.08. The second kappa shape index (κ2) is 6.75. The molecule has 4 rings (SSSR count). The summed E-state index contributed by atoms with van der Waals surface area (Å²) in [5, 5.41) is 1.33. The molecule has 128 valence electrons. The highest BCUT2D eigenvalue weighted by Crippen LogP contribution is 2.33. The lowest BCUT2D eigenvalue weighted by Crippen LogP contribution is -2.38. The number of piperidine rings is 1. The molecule has 3 heteroatoms. The number of carbonyl (C=O) groups is 1. The van der Waals surface area contributed by atoms with Crippen LogP contribution in [0.2, 0.25) is 0 Å². The molecule has 3 nitrogen and oxygen atoms in total. The number of rotatable bonds is 3. The van der Waals surface area contributed by atoms with Crippen LogP contribution in [0.4, 0.5) is 0 Å². The number of nitrogens with one attached hydrogen (secondary N) is 1. The van der Waals surface area contributed by atoms with Crippen molar-refractivity contribution in [3.8, 4) is 0 Å². The maximum atomic E-state index is 12.6. The molecular formula is C22H24N2O. The molecule has 1 aromatic heterocycles. The van der Waals surface area contributed by atoms with Gasteiger partial charge in [-0.2, -0.15) is 0 Å². The highest BCUT2D eigenvalue weighted by molar-refractivity contribution is 5.84. The second-order valence-electron chi connectivity index (χ2n) is 7.05. The molecule has 2 heterocycles. The number of carbonyl (C=O) groups excluding carboxylic acids is 1. The van der Waals surface area contributed by atoms with Crippen LogP contribution in [0.25, 0.3) is 10.9 Å². The van der Waals surface area contributed by atoms with Crippen molar-refractivity contribution in [1.29, 1.82) is 0 Å². The van der Waals surface area contributed by atoms with Gasteiger partial charge in [-0.25, -0.2) is 0 Å². The number of hydrogen-bond acceptors (Lipinski definition) is 1. The Morgan fingerprint density at radius 1 is 1.08 bits per heavy atom. The van der Waals surface area contributed by atoms with Gasteiger partial charge in [-0.3, -0.25) is 4.79 Å². The number of amides is 1. The Bertz CT molecular complexity index is 888. The van der Waals surface area contributed by atoms with E-state index in [1.165, 1.54) is 22.0 Å². The maximum Gasteiger partial charge on any atom is 0.226 e. The van der Waals surface area contributed by atoms with Crippen LogP contribution in [-0.2, 0) is 11.2 Å². The van der Waals surface area contributed by atoms with Crippen molar-refractivity contribution in [2.75, 3.05) is 13.1 Å². The van der Waals surface area contributed by atoms with Gasteiger partial charge in [0.05, 0.1) is 6.42 Å². The van der Waals surface area contributed by atoms with E-state index in [-0.39, 0.29) is 5.91 Å². The van der Waals surface area contributed by atoms with E-state index < -0.39 is 0 Å². The first-order valence-corrected chi connectivity index (χ1v) is 9.10. The predicted molar refractivity (Wildman–Crippen MR) is 102 cm³/mol. The molecular weight excluding hydrogens is 308 g/mol. The van der Waals surface area contributed by atoms with E-state index in [0.717, 1.165) is 31.5 Å². The van der Waals surface area contributed by atoms with Gasteiger partial charge in [0.15, 0.2) is 0 Å². The number of para-hydroxylation sites is 1. The summed E-state index contributed by atoms with van der Waals surface area (Å²) in [6.07, 6.45) is 4.76. The minimum Gasteiger partial charge on any atom is -0.361 e. The van der Waals surface area contributed by atoms with Crippen LogP contribution in [0.1, 0.15) is 35.4 Å². The lowest BCUT2D eigenvalue weighted by atomic mass is 9.89. The van der Waals surface area contributed by atoms with Crippen molar-refractivity contribution in [2.45, 2.75) is 32.1 Å². The molecule has 0 atom stereocenters. The second-order valence-corrected chi connectivity index (χ2v) is 7.05. The molecule has 2 aromatic carbocycles. The van der Waals surface area contributed by atoms with Crippen LogP contribution in [0, 0.1) is 6.92 Å². The summed E-state index contributed by atoms with van der Waals surface area (Å²) in [6, 6.07) is 16.7. The number of likely N-dealkylation sites (tertiary alicyclic amines) is 1. The van der Waals surface area contributed by atoms with Crippen molar-refractivity contribution in [1.82, 2.24) is 9.88 Å². The van der Waals surface area contributed by atoms with E-state index in [4.69, 9.17) is 0 Å². The first kappa shape index (κ1) is 15.9. The zero-order valence-electron chi connectivity index (χ0n) is 14.7. The fourth-order valence-electron chi connectivity index (χ4n) is 3.95. The molecule has 1 N–H and O–H groups in total. The molecule has 0 radical (unpaired) electrons. The third kappa shape index (κ3) is 3.19. The molecule has 0 aliphatic carbocycles. The topological polar surface area (TPSA) is 36.1 Å². The zero-order chi connectivity index (χ0) is 17.2. The summed E-state index contributed by atoms with van der Waals surface area (Å²) in [4.78, 5) is 18.1. The summed E-state index contributed by atoms with van der Waals surface area (Å²) < 4.78 is 0. The molecule has 0 saturated carbocycles. The van der Waals surface area contributed by atoms with Gasteiger partial charge in [-0.1, -0.05) is 42.5 Å². The molecule has 0 unspecified atom stereocenters. The van der Waals surface area contributed by atoms with Gasteiger partial charge in [0, 0.05) is 30.2 Å². The summed E-state index contributed by atoms with van der Waals surface area (Å²) in [5.41, 5.74) is 4.95. The third-order valence-electron chi connectivity index (χ3n) is 5.51. The summed E-state index contributed by atoms with van der Waals surface area (Å²) in [7, 11) is 0. The minimum absolute atomic E-state index is 0.256. The van der Waals surface area contributed by atoms with Gasteiger partial charge in [0.2, 0.25) is 5.91 Å². The Morgan fingerprint density at radius 2 is 1.80 bits per heavy atom. The van der Waals surface area contributed by atoms with Crippen LogP contribution in [0.3, 0.4) is 0 Å². The van der Waals surface area contributed by atoms with Crippen molar-refractivity contribution in [3.05, 3.63) is 71.4 Å². The Balaban J connectivity index is 1.41. The van der Waals surface area contributed by atoms with Crippen LogP contribution < -0.4 is 0 Å². The Hall–Kier alpha value is -2.55. The van der Waals surface area contributed by atoms with E-state index >= 15 is 0 Å². The molecule has 25 heavy (non-hydrogen) atoms. The van der Waals surface area contributed by atoms with E-state index in [2.05, 4.69) is 54.5 Å². The van der Waals surface area contributed by atoms with Crippen molar-refractivity contribution >= 4 is 16.8 Å². The van der Waals surface area contributed by atoms with Gasteiger partial charge in [-0.15, -0.1) is 0 Å². The minimum atomic E-state index is 0.256. The predicted octanol–water partition coefficient (Wildman–Crippen LogP) is 4.43. The monoisotopic (exact) mass is 332 g/mol. The third-order valence-corrected chi connectivity index (χ3v) is 5.51. The molecule has 0 bridgehead atoms. The number of hydrogen-bond donors (Lipinski definition) is 1. The average molecular weight is 332 g/mol. The quantitative estimate of drug-likeness (QED) is 0.757. The van der Waals surface area contributed by atoms with Crippen LogP contribution >= 0.6 is 0 Å². The molecule has 1 aliphatic heterocycles. The maximum absolute atomic E-state index is 12.6. The summed E-state index contributed by atoms with van der Waals surface area (Å²) in [5.74, 6) is 0.797. The lowest BCUT2D eigenvalue weighted by molar-refractivity contribution is -0.131. The van der Waals surface area contributed by atoms with Crippen molar-refractivity contribution in [2.24, 2.45) is 0 Å². The fraction of sp³-hybridized carbons (Fsp3) is 0.318. The van der Waals surface area contributed by atoms with Gasteiger partial charge in [0.25, 0.3) is 0 Å². The molecule has 1 fully saturated rings. The fourth-order valence-corrected chi connectivity index (χ4v) is 3.95. The number of nitrogens with zero attached hydrogens (tertiary/aromatic N) is 1. The van der Waals surface area contributed by atoms with Gasteiger partial charge in [0.1, 0.15) is 0 Å². The largest absolute Gasteiger partial charge is 0.361 e. The standard InChI is InChI=1S/C22H24N2O/c1-16-6-2-3-7-18(16)14-22(25)24-12-10-17(11-13-24)20-15-23-21-9-5-4-8-19(20)21/h2-9,15,17,23H,10-14H2,1H3. The smallest absolute Gasteiger partial charge is 0.226 e. The first-order valence-electron chi connectivity index (χ1n) is 9.10. The van der Waals surface area contributed by atoms with Crippen LogP contribution in [-0.4, -0.2) is 28.9 Å². The molecule has 0 spiro atoms. The molecule has 1 aliphatic rings. The number of aromatic amines is 1.